The largest absolute Gasteiger partial charge is 0.300 e. The van der Waals surface area contributed by atoms with Crippen molar-refractivity contribution >= 4 is 21.7 Å². The van der Waals surface area contributed by atoms with E-state index in [1.165, 1.54) is 5.56 Å². The number of aryl methyl sites for hydroxylation is 1. The van der Waals surface area contributed by atoms with Crippen LogP contribution in [0.4, 0.5) is 0 Å². The molecule has 0 aliphatic carbocycles. The van der Waals surface area contributed by atoms with E-state index in [0.717, 1.165) is 30.2 Å². The van der Waals surface area contributed by atoms with E-state index in [2.05, 4.69) is 40.2 Å². The van der Waals surface area contributed by atoms with Crippen molar-refractivity contribution in [1.29, 1.82) is 0 Å². The smallest absolute Gasteiger partial charge is 0.132 e. The lowest BCUT2D eigenvalue weighted by Gasteiger charge is -2.01. The molecule has 0 aliphatic heterocycles. The summed E-state index contributed by atoms with van der Waals surface area (Å²) in [5, 5.41) is 0. The molecule has 1 rings (SSSR count). The Labute approximate surface area is 100 Å². The second-order valence-corrected chi connectivity index (χ2v) is 4.64. The van der Waals surface area contributed by atoms with Crippen molar-refractivity contribution in [3.63, 3.8) is 0 Å². The molecule has 0 unspecified atom stereocenters. The molecule has 0 aromatic heterocycles. The van der Waals surface area contributed by atoms with Gasteiger partial charge in [0.1, 0.15) is 5.78 Å². The molecule has 1 nitrogen and oxygen atoms in total. The van der Waals surface area contributed by atoms with Crippen LogP contribution in [0.1, 0.15) is 38.2 Å². The number of rotatable bonds is 6. The highest BCUT2D eigenvalue weighted by molar-refractivity contribution is 9.10. The fraction of sp³-hybridized carbons (Fsp3) is 0.462. The summed E-state index contributed by atoms with van der Waals surface area (Å²) in [6.45, 7) is 1.93. The van der Waals surface area contributed by atoms with Crippen molar-refractivity contribution in [1.82, 2.24) is 0 Å². The summed E-state index contributed by atoms with van der Waals surface area (Å²) in [6, 6.07) is 8.39. The average Bonchev–Trinajstić information content (AvgIpc) is 2.26. The molecule has 1 aromatic carbocycles. The van der Waals surface area contributed by atoms with Gasteiger partial charge >= 0.3 is 0 Å². The van der Waals surface area contributed by atoms with E-state index >= 15 is 0 Å². The van der Waals surface area contributed by atoms with Gasteiger partial charge in [0, 0.05) is 17.3 Å². The third kappa shape index (κ3) is 5.12. The summed E-state index contributed by atoms with van der Waals surface area (Å²) >= 11 is 3.41. The van der Waals surface area contributed by atoms with Gasteiger partial charge in [0.25, 0.3) is 0 Å². The quantitative estimate of drug-likeness (QED) is 0.709. The van der Waals surface area contributed by atoms with Gasteiger partial charge in [-0.25, -0.2) is 0 Å². The second-order valence-electron chi connectivity index (χ2n) is 3.73. The van der Waals surface area contributed by atoms with Crippen LogP contribution in [-0.4, -0.2) is 5.78 Å². The molecule has 0 saturated carbocycles. The first-order valence-electron chi connectivity index (χ1n) is 5.48. The molecule has 0 amide bonds. The van der Waals surface area contributed by atoms with Gasteiger partial charge in [0.05, 0.1) is 0 Å². The Kier molecular flexibility index (Phi) is 5.62. The maximum absolute atomic E-state index is 11.1. The van der Waals surface area contributed by atoms with Gasteiger partial charge in [-0.15, -0.1) is 0 Å². The summed E-state index contributed by atoms with van der Waals surface area (Å²) in [5.41, 5.74) is 1.35. The molecule has 0 N–H and O–H groups in total. The molecule has 0 heterocycles. The summed E-state index contributed by atoms with van der Waals surface area (Å²) in [5.74, 6) is 0.380. The van der Waals surface area contributed by atoms with Gasteiger partial charge in [-0.3, -0.25) is 4.79 Å². The lowest BCUT2D eigenvalue weighted by molar-refractivity contribution is -0.118. The lowest BCUT2D eigenvalue weighted by atomic mass is 10.1. The van der Waals surface area contributed by atoms with Crippen molar-refractivity contribution < 1.29 is 4.79 Å². The van der Waals surface area contributed by atoms with Crippen molar-refractivity contribution in [2.24, 2.45) is 0 Å². The Morgan fingerprint density at radius 3 is 2.47 bits per heavy atom. The normalized spacial score (nSPS) is 10.3. The molecular formula is C13H17BrO. The highest BCUT2D eigenvalue weighted by Gasteiger charge is 1.98. The molecule has 0 spiro atoms. The van der Waals surface area contributed by atoms with Gasteiger partial charge in [0.2, 0.25) is 0 Å². The van der Waals surface area contributed by atoms with Crippen LogP contribution in [-0.2, 0) is 11.2 Å². The van der Waals surface area contributed by atoms with E-state index in [9.17, 15) is 4.79 Å². The van der Waals surface area contributed by atoms with Gasteiger partial charge in [-0.05, 0) is 37.0 Å². The van der Waals surface area contributed by atoms with Crippen LogP contribution in [0.3, 0.4) is 0 Å². The number of halogens is 1. The number of carbonyl (C=O) groups excluding carboxylic acids is 1. The van der Waals surface area contributed by atoms with Gasteiger partial charge in [-0.1, -0.05) is 35.0 Å². The fourth-order valence-corrected chi connectivity index (χ4v) is 1.74. The molecule has 15 heavy (non-hydrogen) atoms. The van der Waals surface area contributed by atoms with Gasteiger partial charge in [0.15, 0.2) is 0 Å². The second kappa shape index (κ2) is 6.78. The maximum atomic E-state index is 11.1. The highest BCUT2D eigenvalue weighted by atomic mass is 79.9. The van der Waals surface area contributed by atoms with E-state index < -0.39 is 0 Å². The molecule has 0 bridgehead atoms. The number of unbranched alkanes of at least 4 members (excludes halogenated alkanes) is 1. The topological polar surface area (TPSA) is 17.1 Å². The van der Waals surface area contributed by atoms with E-state index in [1.54, 1.807) is 0 Å². The third-order valence-electron chi connectivity index (χ3n) is 2.48. The molecule has 0 atom stereocenters. The summed E-state index contributed by atoms with van der Waals surface area (Å²) in [7, 11) is 0. The predicted octanol–water partition coefficient (Wildman–Crippen LogP) is 4.14. The van der Waals surface area contributed by atoms with E-state index in [-0.39, 0.29) is 0 Å². The first-order valence-corrected chi connectivity index (χ1v) is 6.28. The van der Waals surface area contributed by atoms with Crippen molar-refractivity contribution in [2.45, 2.75) is 39.0 Å². The minimum atomic E-state index is 0.380. The zero-order valence-corrected chi connectivity index (χ0v) is 10.7. The van der Waals surface area contributed by atoms with Gasteiger partial charge < -0.3 is 0 Å². The van der Waals surface area contributed by atoms with Gasteiger partial charge in [-0.2, -0.15) is 0 Å². The molecular weight excluding hydrogens is 252 g/mol. The summed E-state index contributed by atoms with van der Waals surface area (Å²) in [6.07, 6.45) is 4.62. The number of hydrogen-bond donors (Lipinski definition) is 0. The first kappa shape index (κ1) is 12.4. The van der Waals surface area contributed by atoms with Crippen LogP contribution < -0.4 is 0 Å². The standard InChI is InChI=1S/C13H17BrO/c1-2-13(15)6-4-3-5-11-7-9-12(14)10-8-11/h7-10H,2-6H2,1H3. The molecule has 0 radical (unpaired) electrons. The van der Waals surface area contributed by atoms with E-state index in [1.807, 2.05) is 6.92 Å². The zero-order valence-electron chi connectivity index (χ0n) is 9.13. The summed E-state index contributed by atoms with van der Waals surface area (Å²) in [4.78, 5) is 11.1. The third-order valence-corrected chi connectivity index (χ3v) is 3.01. The minimum Gasteiger partial charge on any atom is -0.300 e. The monoisotopic (exact) mass is 268 g/mol. The Hall–Kier alpha value is -0.630. The van der Waals surface area contributed by atoms with Crippen molar-refractivity contribution in [3.05, 3.63) is 34.3 Å². The van der Waals surface area contributed by atoms with Crippen molar-refractivity contribution in [3.8, 4) is 0 Å². The number of hydrogen-bond acceptors (Lipinski definition) is 1. The highest BCUT2D eigenvalue weighted by Crippen LogP contribution is 2.13. The molecule has 1 aromatic rings. The Morgan fingerprint density at radius 1 is 1.20 bits per heavy atom. The van der Waals surface area contributed by atoms with E-state index in [0.29, 0.717) is 12.2 Å². The molecule has 2 heteroatoms. The number of benzene rings is 1. The molecule has 82 valence electrons. The Morgan fingerprint density at radius 2 is 1.87 bits per heavy atom. The number of Topliss-reactive ketones (excluding diaryl/α,β-unsaturated/α-hetero) is 1. The minimum absolute atomic E-state index is 0.380. The van der Waals surface area contributed by atoms with E-state index in [4.69, 9.17) is 0 Å². The predicted molar refractivity (Wildman–Crippen MR) is 67.0 cm³/mol. The average molecular weight is 269 g/mol. The SMILES string of the molecule is CCC(=O)CCCCc1ccc(Br)cc1. The molecule has 0 saturated heterocycles. The van der Waals surface area contributed by atoms with Crippen LogP contribution in [0, 0.1) is 0 Å². The van der Waals surface area contributed by atoms with Crippen molar-refractivity contribution in [2.75, 3.05) is 0 Å². The molecule has 0 fully saturated rings. The number of ketones is 1. The zero-order chi connectivity index (χ0) is 11.1. The lowest BCUT2D eigenvalue weighted by Crippen LogP contribution is -1.95. The maximum Gasteiger partial charge on any atom is 0.132 e. The van der Waals surface area contributed by atoms with Crippen LogP contribution in [0.2, 0.25) is 0 Å². The molecule has 0 aliphatic rings. The fourth-order valence-electron chi connectivity index (χ4n) is 1.48. The van der Waals surface area contributed by atoms with Crippen LogP contribution >= 0.6 is 15.9 Å². The summed E-state index contributed by atoms with van der Waals surface area (Å²) < 4.78 is 1.12. The first-order chi connectivity index (χ1) is 7.22. The van der Waals surface area contributed by atoms with Crippen LogP contribution in [0.25, 0.3) is 0 Å². The Balaban J connectivity index is 2.20. The van der Waals surface area contributed by atoms with Crippen LogP contribution in [0.5, 0.6) is 0 Å². The Bertz CT molecular complexity index is 303. The van der Waals surface area contributed by atoms with Crippen LogP contribution in [0.15, 0.2) is 28.7 Å². The number of carbonyl (C=O) groups is 1.